The first-order chi connectivity index (χ1) is 18.3. The molecule has 0 unspecified atom stereocenters. The van der Waals surface area contributed by atoms with Crippen LogP contribution in [0.25, 0.3) is 34.0 Å². The number of aromatic nitrogens is 3. The minimum Gasteiger partial charge on any atom is -0.382 e. The van der Waals surface area contributed by atoms with E-state index in [2.05, 4.69) is 41.4 Å². The molecule has 0 radical (unpaired) electrons. The maximum absolute atomic E-state index is 10.6. The van der Waals surface area contributed by atoms with Crippen molar-refractivity contribution < 1.29 is 19.5 Å². The summed E-state index contributed by atoms with van der Waals surface area (Å²) in [6, 6.07) is 16.7. The molecule has 198 valence electrons. The first-order valence-electron chi connectivity index (χ1n) is 12.6. The van der Waals surface area contributed by atoms with Crippen LogP contribution in [0.5, 0.6) is 0 Å². The summed E-state index contributed by atoms with van der Waals surface area (Å²) in [6.07, 6.45) is 3.08. The highest BCUT2D eigenvalue weighted by Gasteiger charge is 2.30. The molecule has 4 aromatic rings. The lowest BCUT2D eigenvalue weighted by atomic mass is 10.0. The SMILES string of the molecule is CC(C)Sc1ccc(-c2cnc(N)c(-c3cc(-c4ccc(C(O)(O)NC5CCOCC5)cc4)no3)n2)cc1. The van der Waals surface area contributed by atoms with Crippen molar-refractivity contribution in [3.05, 3.63) is 66.4 Å². The summed E-state index contributed by atoms with van der Waals surface area (Å²) in [5, 5.41) is 28.8. The van der Waals surface area contributed by atoms with Crippen LogP contribution in [-0.2, 0) is 10.6 Å². The molecule has 10 heteroatoms. The summed E-state index contributed by atoms with van der Waals surface area (Å²) in [6.45, 7) is 5.52. The van der Waals surface area contributed by atoms with Gasteiger partial charge in [-0.25, -0.2) is 9.97 Å². The Labute approximate surface area is 225 Å². The van der Waals surface area contributed by atoms with E-state index in [1.54, 1.807) is 48.3 Å². The molecule has 5 N–H and O–H groups in total. The minimum absolute atomic E-state index is 0.0317. The van der Waals surface area contributed by atoms with Crippen LogP contribution in [0, 0.1) is 0 Å². The highest BCUT2D eigenvalue weighted by Crippen LogP contribution is 2.31. The molecule has 0 aliphatic carbocycles. The smallest absolute Gasteiger partial charge is 0.250 e. The largest absolute Gasteiger partial charge is 0.382 e. The molecule has 2 aromatic carbocycles. The molecular formula is C28H31N5O4S. The number of benzene rings is 2. The summed E-state index contributed by atoms with van der Waals surface area (Å²) in [4.78, 5) is 10.2. The Morgan fingerprint density at radius 2 is 1.66 bits per heavy atom. The summed E-state index contributed by atoms with van der Waals surface area (Å²) >= 11 is 1.80. The molecule has 5 rings (SSSR count). The third-order valence-electron chi connectivity index (χ3n) is 6.28. The van der Waals surface area contributed by atoms with Crippen molar-refractivity contribution in [2.45, 2.75) is 48.8 Å². The molecule has 0 bridgehead atoms. The Hall–Kier alpha value is -3.28. The van der Waals surface area contributed by atoms with Gasteiger partial charge in [-0.05, 0) is 25.0 Å². The summed E-state index contributed by atoms with van der Waals surface area (Å²) in [5.41, 5.74) is 9.78. The Morgan fingerprint density at radius 1 is 1.00 bits per heavy atom. The normalized spacial score (nSPS) is 14.8. The zero-order valence-electron chi connectivity index (χ0n) is 21.3. The first-order valence-corrected chi connectivity index (χ1v) is 13.4. The number of anilines is 1. The number of rotatable bonds is 8. The fourth-order valence-electron chi connectivity index (χ4n) is 4.30. The average Bonchev–Trinajstić information content (AvgIpc) is 3.40. The van der Waals surface area contributed by atoms with E-state index < -0.39 is 5.91 Å². The van der Waals surface area contributed by atoms with E-state index in [0.717, 1.165) is 24.0 Å². The number of hydrogen-bond acceptors (Lipinski definition) is 10. The monoisotopic (exact) mass is 533 g/mol. The standard InChI is InChI=1S/C28H31N5O4S/c1-17(2)38-22-9-5-19(6-10-22)24-16-30-27(29)26(31-24)25-15-23(33-37-25)18-3-7-20(8-4-18)28(34,35)32-21-11-13-36-14-12-21/h3-10,15-17,21,32,34-35H,11-14H2,1-2H3,(H2,29,30). The van der Waals surface area contributed by atoms with Crippen molar-refractivity contribution in [2.24, 2.45) is 0 Å². The second-order valence-electron chi connectivity index (χ2n) is 9.54. The van der Waals surface area contributed by atoms with Crippen LogP contribution in [0.4, 0.5) is 5.82 Å². The van der Waals surface area contributed by atoms with Gasteiger partial charge in [0.15, 0.2) is 17.3 Å². The van der Waals surface area contributed by atoms with Crippen molar-refractivity contribution in [3.63, 3.8) is 0 Å². The lowest BCUT2D eigenvalue weighted by Gasteiger charge is -2.31. The highest BCUT2D eigenvalue weighted by molar-refractivity contribution is 7.99. The van der Waals surface area contributed by atoms with E-state index in [-0.39, 0.29) is 11.9 Å². The minimum atomic E-state index is -2.15. The number of nitrogen functional groups attached to an aromatic ring is 1. The number of nitrogens with zero attached hydrogens (tertiary/aromatic N) is 3. The van der Waals surface area contributed by atoms with Gasteiger partial charge in [-0.1, -0.05) is 55.4 Å². The topological polar surface area (TPSA) is 140 Å². The van der Waals surface area contributed by atoms with Gasteiger partial charge < -0.3 is 25.2 Å². The van der Waals surface area contributed by atoms with Crippen molar-refractivity contribution in [2.75, 3.05) is 18.9 Å². The maximum atomic E-state index is 10.6. The van der Waals surface area contributed by atoms with Crippen molar-refractivity contribution >= 4 is 17.6 Å². The van der Waals surface area contributed by atoms with Crippen LogP contribution in [-0.4, -0.2) is 49.8 Å². The molecule has 0 amide bonds. The summed E-state index contributed by atoms with van der Waals surface area (Å²) < 4.78 is 10.9. The van der Waals surface area contributed by atoms with Gasteiger partial charge in [0.05, 0.1) is 11.9 Å². The van der Waals surface area contributed by atoms with Crippen LogP contribution < -0.4 is 11.1 Å². The Balaban J connectivity index is 1.33. The van der Waals surface area contributed by atoms with Gasteiger partial charge in [0.2, 0.25) is 0 Å². The molecule has 3 heterocycles. The number of thioether (sulfide) groups is 1. The summed E-state index contributed by atoms with van der Waals surface area (Å²) in [5.74, 6) is -1.52. The lowest BCUT2D eigenvalue weighted by molar-refractivity contribution is -0.204. The van der Waals surface area contributed by atoms with Crippen molar-refractivity contribution in [3.8, 4) is 34.0 Å². The summed E-state index contributed by atoms with van der Waals surface area (Å²) in [7, 11) is 0. The zero-order chi connectivity index (χ0) is 26.7. The van der Waals surface area contributed by atoms with E-state index in [9.17, 15) is 10.2 Å². The first kappa shape index (κ1) is 26.3. The zero-order valence-corrected chi connectivity index (χ0v) is 22.1. The predicted octanol–water partition coefficient (Wildman–Crippen LogP) is 4.41. The Bertz CT molecular complexity index is 1370. The number of nitrogens with two attached hydrogens (primary N) is 1. The van der Waals surface area contributed by atoms with Gasteiger partial charge in [0.25, 0.3) is 5.91 Å². The quantitative estimate of drug-likeness (QED) is 0.190. The third kappa shape index (κ3) is 6.06. The van der Waals surface area contributed by atoms with Crippen LogP contribution in [0.2, 0.25) is 0 Å². The van der Waals surface area contributed by atoms with E-state index in [0.29, 0.717) is 46.9 Å². The number of aliphatic hydroxyl groups is 2. The molecule has 38 heavy (non-hydrogen) atoms. The molecule has 1 saturated heterocycles. The van der Waals surface area contributed by atoms with Gasteiger partial charge in [-0.2, -0.15) is 0 Å². The van der Waals surface area contributed by atoms with E-state index in [1.807, 2.05) is 12.1 Å². The van der Waals surface area contributed by atoms with Crippen molar-refractivity contribution in [1.29, 1.82) is 0 Å². The molecule has 9 nitrogen and oxygen atoms in total. The Kier molecular flexibility index (Phi) is 7.78. The maximum Gasteiger partial charge on any atom is 0.250 e. The molecule has 0 saturated carbocycles. The number of nitrogens with one attached hydrogen (secondary N) is 1. The second kappa shape index (κ2) is 11.2. The Morgan fingerprint density at radius 3 is 2.34 bits per heavy atom. The van der Waals surface area contributed by atoms with E-state index in [4.69, 9.17) is 20.0 Å². The van der Waals surface area contributed by atoms with Crippen LogP contribution in [0.3, 0.4) is 0 Å². The molecule has 1 aliphatic rings. The number of hydrogen-bond donors (Lipinski definition) is 4. The highest BCUT2D eigenvalue weighted by atomic mass is 32.2. The molecular weight excluding hydrogens is 502 g/mol. The average molecular weight is 534 g/mol. The molecule has 2 aromatic heterocycles. The molecule has 0 spiro atoms. The van der Waals surface area contributed by atoms with E-state index >= 15 is 0 Å². The van der Waals surface area contributed by atoms with Gasteiger partial charge in [0.1, 0.15) is 5.69 Å². The van der Waals surface area contributed by atoms with Crippen LogP contribution >= 0.6 is 11.8 Å². The molecule has 1 fully saturated rings. The number of ether oxygens (including phenoxy) is 1. The van der Waals surface area contributed by atoms with E-state index in [1.165, 1.54) is 4.90 Å². The van der Waals surface area contributed by atoms with Crippen LogP contribution in [0.1, 0.15) is 32.3 Å². The van der Waals surface area contributed by atoms with Gasteiger partial charge in [-0.15, -0.1) is 11.8 Å². The third-order valence-corrected chi connectivity index (χ3v) is 7.29. The van der Waals surface area contributed by atoms with Gasteiger partial charge in [-0.3, -0.25) is 5.32 Å². The second-order valence-corrected chi connectivity index (χ2v) is 11.2. The van der Waals surface area contributed by atoms with Crippen LogP contribution in [0.15, 0.2) is 70.2 Å². The van der Waals surface area contributed by atoms with Crippen molar-refractivity contribution in [1.82, 2.24) is 20.4 Å². The van der Waals surface area contributed by atoms with Gasteiger partial charge in [0, 0.05) is 52.2 Å². The van der Waals surface area contributed by atoms with Gasteiger partial charge >= 0.3 is 0 Å². The predicted molar refractivity (Wildman–Crippen MR) is 147 cm³/mol. The molecule has 1 aliphatic heterocycles. The fraction of sp³-hybridized carbons (Fsp3) is 0.321. The lowest BCUT2D eigenvalue weighted by Crippen LogP contribution is -2.49. The fourth-order valence-corrected chi connectivity index (χ4v) is 5.14. The molecule has 0 atom stereocenters.